The van der Waals surface area contributed by atoms with E-state index < -0.39 is 0 Å². The Morgan fingerprint density at radius 1 is 1.41 bits per heavy atom. The van der Waals surface area contributed by atoms with Crippen molar-refractivity contribution in [2.24, 2.45) is 5.92 Å². The Morgan fingerprint density at radius 3 is 2.76 bits per heavy atom. The predicted octanol–water partition coefficient (Wildman–Crippen LogP) is 2.64. The Hall–Kier alpha value is -0.610. The molecular weight excluding hydrogens is 238 g/mol. The number of hydrogen-bond donors (Lipinski definition) is 0. The van der Waals surface area contributed by atoms with Gasteiger partial charge in [0.1, 0.15) is 5.69 Å². The number of halogens is 1. The van der Waals surface area contributed by atoms with Gasteiger partial charge in [-0.1, -0.05) is 19.1 Å². The molecule has 0 saturated carbocycles. The van der Waals surface area contributed by atoms with E-state index in [0.29, 0.717) is 11.8 Å². The quantitative estimate of drug-likeness (QED) is 0.532. The highest BCUT2D eigenvalue weighted by atomic mass is 35.5. The molecule has 0 amide bonds. The van der Waals surface area contributed by atoms with Crippen molar-refractivity contribution in [2.45, 2.75) is 45.5 Å². The van der Waals surface area contributed by atoms with Crippen LogP contribution in [-0.4, -0.2) is 28.7 Å². The first-order valence-electron chi connectivity index (χ1n) is 6.15. The smallest absolute Gasteiger partial charge is 0.101 e. The molecule has 0 aromatic carbocycles. The van der Waals surface area contributed by atoms with E-state index in [4.69, 9.17) is 16.3 Å². The SMILES string of the molecule is COCCCn1nnc(CCl)c1CCC(C)C. The summed E-state index contributed by atoms with van der Waals surface area (Å²) in [4.78, 5) is 0. The molecule has 0 fully saturated rings. The third-order valence-electron chi connectivity index (χ3n) is 2.72. The van der Waals surface area contributed by atoms with E-state index in [-0.39, 0.29) is 0 Å². The maximum Gasteiger partial charge on any atom is 0.101 e. The number of aromatic nitrogens is 3. The fraction of sp³-hybridized carbons (Fsp3) is 0.833. The van der Waals surface area contributed by atoms with Gasteiger partial charge in [0.25, 0.3) is 0 Å². The van der Waals surface area contributed by atoms with Crippen molar-refractivity contribution in [1.82, 2.24) is 15.0 Å². The molecule has 98 valence electrons. The minimum absolute atomic E-state index is 0.442. The molecule has 0 spiro atoms. The highest BCUT2D eigenvalue weighted by Gasteiger charge is 2.12. The lowest BCUT2D eigenvalue weighted by molar-refractivity contribution is 0.188. The minimum Gasteiger partial charge on any atom is -0.385 e. The normalized spacial score (nSPS) is 11.4. The summed E-state index contributed by atoms with van der Waals surface area (Å²) in [6.45, 7) is 6.05. The number of aryl methyl sites for hydroxylation is 1. The molecule has 0 bridgehead atoms. The first-order valence-corrected chi connectivity index (χ1v) is 6.68. The number of rotatable bonds is 8. The minimum atomic E-state index is 0.442. The van der Waals surface area contributed by atoms with Gasteiger partial charge in [0.15, 0.2) is 0 Å². The van der Waals surface area contributed by atoms with Crippen LogP contribution in [0.4, 0.5) is 0 Å². The molecule has 0 N–H and O–H groups in total. The van der Waals surface area contributed by atoms with Gasteiger partial charge in [-0.3, -0.25) is 0 Å². The number of nitrogens with zero attached hydrogens (tertiary/aromatic N) is 3. The van der Waals surface area contributed by atoms with Gasteiger partial charge in [-0.25, -0.2) is 4.68 Å². The zero-order valence-corrected chi connectivity index (χ0v) is 11.7. The van der Waals surface area contributed by atoms with Crippen molar-refractivity contribution in [3.63, 3.8) is 0 Å². The van der Waals surface area contributed by atoms with E-state index in [2.05, 4.69) is 24.2 Å². The van der Waals surface area contributed by atoms with Crippen LogP contribution in [-0.2, 0) is 23.6 Å². The summed E-state index contributed by atoms with van der Waals surface area (Å²) >= 11 is 5.88. The molecule has 17 heavy (non-hydrogen) atoms. The predicted molar refractivity (Wildman–Crippen MR) is 69.2 cm³/mol. The maximum atomic E-state index is 5.88. The summed E-state index contributed by atoms with van der Waals surface area (Å²) < 4.78 is 7.02. The standard InChI is InChI=1S/C12H22ClN3O/c1-10(2)5-6-12-11(9-13)14-15-16(12)7-4-8-17-3/h10H,4-9H2,1-3H3. The number of ether oxygens (including phenoxy) is 1. The van der Waals surface area contributed by atoms with E-state index in [1.807, 2.05) is 4.68 Å². The van der Waals surface area contributed by atoms with Gasteiger partial charge in [0.05, 0.1) is 11.6 Å². The van der Waals surface area contributed by atoms with Gasteiger partial charge in [-0.2, -0.15) is 0 Å². The van der Waals surface area contributed by atoms with Crippen molar-refractivity contribution >= 4 is 11.6 Å². The van der Waals surface area contributed by atoms with Crippen LogP contribution in [0.15, 0.2) is 0 Å². The second-order valence-corrected chi connectivity index (χ2v) is 4.89. The molecule has 1 heterocycles. The van der Waals surface area contributed by atoms with Crippen LogP contribution in [0, 0.1) is 5.92 Å². The van der Waals surface area contributed by atoms with Crippen LogP contribution in [0.1, 0.15) is 38.1 Å². The molecule has 1 aromatic rings. The van der Waals surface area contributed by atoms with Gasteiger partial charge in [0, 0.05) is 20.3 Å². The van der Waals surface area contributed by atoms with E-state index in [1.165, 1.54) is 5.69 Å². The van der Waals surface area contributed by atoms with Crippen LogP contribution < -0.4 is 0 Å². The average Bonchev–Trinajstić information content (AvgIpc) is 2.69. The van der Waals surface area contributed by atoms with E-state index in [1.54, 1.807) is 7.11 Å². The molecule has 0 saturated heterocycles. The van der Waals surface area contributed by atoms with Crippen LogP contribution in [0.25, 0.3) is 0 Å². The first-order chi connectivity index (χ1) is 8.19. The molecule has 0 aliphatic rings. The van der Waals surface area contributed by atoms with Crippen molar-refractivity contribution in [1.29, 1.82) is 0 Å². The molecule has 0 unspecified atom stereocenters. The largest absolute Gasteiger partial charge is 0.385 e. The number of alkyl halides is 1. The van der Waals surface area contributed by atoms with Gasteiger partial charge >= 0.3 is 0 Å². The lowest BCUT2D eigenvalue weighted by Gasteiger charge is -2.08. The summed E-state index contributed by atoms with van der Waals surface area (Å²) in [6, 6.07) is 0. The Balaban J connectivity index is 2.64. The second kappa shape index (κ2) is 7.67. The summed E-state index contributed by atoms with van der Waals surface area (Å²) in [5.41, 5.74) is 2.11. The summed E-state index contributed by atoms with van der Waals surface area (Å²) in [7, 11) is 1.71. The third kappa shape index (κ3) is 4.64. The molecule has 1 rings (SSSR count). The van der Waals surface area contributed by atoms with Crippen LogP contribution in [0.3, 0.4) is 0 Å². The first kappa shape index (κ1) is 14.5. The molecule has 0 atom stereocenters. The Labute approximate surface area is 108 Å². The highest BCUT2D eigenvalue weighted by Crippen LogP contribution is 2.14. The highest BCUT2D eigenvalue weighted by molar-refractivity contribution is 6.16. The zero-order chi connectivity index (χ0) is 12.7. The Kier molecular flexibility index (Phi) is 6.52. The van der Waals surface area contributed by atoms with E-state index in [9.17, 15) is 0 Å². The van der Waals surface area contributed by atoms with Crippen molar-refractivity contribution in [3.8, 4) is 0 Å². The summed E-state index contributed by atoms with van der Waals surface area (Å²) in [6.07, 6.45) is 3.09. The lowest BCUT2D eigenvalue weighted by Crippen LogP contribution is -2.09. The summed E-state index contributed by atoms with van der Waals surface area (Å²) in [5.74, 6) is 1.12. The monoisotopic (exact) mass is 259 g/mol. The van der Waals surface area contributed by atoms with Gasteiger partial charge < -0.3 is 4.74 Å². The van der Waals surface area contributed by atoms with Crippen LogP contribution >= 0.6 is 11.6 Å². The fourth-order valence-corrected chi connectivity index (χ4v) is 1.92. The molecule has 5 heteroatoms. The Morgan fingerprint density at radius 2 is 2.18 bits per heavy atom. The van der Waals surface area contributed by atoms with Crippen molar-refractivity contribution in [3.05, 3.63) is 11.4 Å². The summed E-state index contributed by atoms with van der Waals surface area (Å²) in [5, 5.41) is 8.29. The average molecular weight is 260 g/mol. The molecule has 0 aliphatic heterocycles. The molecule has 1 aromatic heterocycles. The van der Waals surface area contributed by atoms with Gasteiger partial charge in [0.2, 0.25) is 0 Å². The third-order valence-corrected chi connectivity index (χ3v) is 2.97. The van der Waals surface area contributed by atoms with Gasteiger partial charge in [-0.15, -0.1) is 16.7 Å². The van der Waals surface area contributed by atoms with Crippen molar-refractivity contribution in [2.75, 3.05) is 13.7 Å². The molecule has 4 nitrogen and oxygen atoms in total. The zero-order valence-electron chi connectivity index (χ0n) is 10.9. The lowest BCUT2D eigenvalue weighted by atomic mass is 10.1. The molecular formula is C12H22ClN3O. The van der Waals surface area contributed by atoms with Crippen LogP contribution in [0.5, 0.6) is 0 Å². The molecule has 0 radical (unpaired) electrons. The maximum absolute atomic E-state index is 5.88. The Bertz CT molecular complexity index is 326. The van der Waals surface area contributed by atoms with Crippen LogP contribution in [0.2, 0.25) is 0 Å². The van der Waals surface area contributed by atoms with Crippen molar-refractivity contribution < 1.29 is 4.74 Å². The van der Waals surface area contributed by atoms with E-state index >= 15 is 0 Å². The fourth-order valence-electron chi connectivity index (χ4n) is 1.71. The topological polar surface area (TPSA) is 39.9 Å². The van der Waals surface area contributed by atoms with E-state index in [0.717, 1.165) is 38.1 Å². The van der Waals surface area contributed by atoms with Gasteiger partial charge in [-0.05, 0) is 25.2 Å². The number of hydrogen-bond acceptors (Lipinski definition) is 3. The molecule has 0 aliphatic carbocycles. The number of methoxy groups -OCH3 is 1. The second-order valence-electron chi connectivity index (χ2n) is 4.62.